The number of alkyl halides is 3. The first kappa shape index (κ1) is 24.0. The number of nitrogens with zero attached hydrogens (tertiary/aromatic N) is 2. The first-order chi connectivity index (χ1) is 15.5. The summed E-state index contributed by atoms with van der Waals surface area (Å²) in [5.74, 6) is -1.88. The normalized spacial score (nSPS) is 11.2. The van der Waals surface area contributed by atoms with Gasteiger partial charge in [0.05, 0.1) is 11.3 Å². The lowest BCUT2D eigenvalue weighted by Crippen LogP contribution is -2.27. The third kappa shape index (κ3) is 5.58. The molecule has 0 saturated carbocycles. The number of anilines is 1. The third-order valence-corrected chi connectivity index (χ3v) is 5.00. The summed E-state index contributed by atoms with van der Waals surface area (Å²) >= 11 is 5.99. The summed E-state index contributed by atoms with van der Waals surface area (Å²) in [4.78, 5) is 36.8. The Morgan fingerprint density at radius 1 is 1.12 bits per heavy atom. The number of hydrogen-bond acceptors (Lipinski definition) is 5. The van der Waals surface area contributed by atoms with E-state index in [0.717, 1.165) is 22.9 Å². The van der Waals surface area contributed by atoms with Crippen LogP contribution >= 0.6 is 11.6 Å². The van der Waals surface area contributed by atoms with Gasteiger partial charge in [-0.15, -0.1) is 0 Å². The number of ether oxygens (including phenoxy) is 1. The van der Waals surface area contributed by atoms with Crippen LogP contribution < -0.4 is 10.7 Å². The molecule has 3 aromatic rings. The molecule has 172 valence electrons. The van der Waals surface area contributed by atoms with E-state index in [4.69, 9.17) is 16.3 Å². The largest absolute Gasteiger partial charge is 0.451 e. The number of nitrogens with one attached hydrogen (secondary N) is 1. The van der Waals surface area contributed by atoms with Crippen LogP contribution in [0.2, 0.25) is 5.02 Å². The average molecular weight is 480 g/mol. The molecule has 0 radical (unpaired) electrons. The molecule has 0 aliphatic heterocycles. The van der Waals surface area contributed by atoms with Crippen LogP contribution in [0, 0.1) is 13.8 Å². The zero-order valence-corrected chi connectivity index (χ0v) is 18.1. The lowest BCUT2D eigenvalue weighted by Gasteiger charge is -2.13. The Balaban J connectivity index is 1.79. The van der Waals surface area contributed by atoms with Gasteiger partial charge >= 0.3 is 12.1 Å². The van der Waals surface area contributed by atoms with Crippen molar-refractivity contribution < 1.29 is 27.5 Å². The van der Waals surface area contributed by atoms with Crippen molar-refractivity contribution in [3.8, 4) is 5.69 Å². The van der Waals surface area contributed by atoms with Gasteiger partial charge in [-0.05, 0) is 49.7 Å². The highest BCUT2D eigenvalue weighted by atomic mass is 35.5. The molecule has 1 amide bonds. The number of aryl methyl sites for hydroxylation is 1. The van der Waals surface area contributed by atoms with Crippen molar-refractivity contribution in [3.63, 3.8) is 0 Å². The van der Waals surface area contributed by atoms with Crippen LogP contribution in [-0.4, -0.2) is 28.3 Å². The fourth-order valence-corrected chi connectivity index (χ4v) is 3.07. The van der Waals surface area contributed by atoms with Crippen molar-refractivity contribution in [2.75, 3.05) is 11.9 Å². The monoisotopic (exact) mass is 479 g/mol. The van der Waals surface area contributed by atoms with Gasteiger partial charge in [-0.25, -0.2) is 9.48 Å². The Morgan fingerprint density at radius 2 is 1.82 bits per heavy atom. The number of rotatable bonds is 5. The van der Waals surface area contributed by atoms with Gasteiger partial charge in [-0.2, -0.15) is 18.3 Å². The van der Waals surface area contributed by atoms with Crippen LogP contribution in [-0.2, 0) is 15.7 Å². The van der Waals surface area contributed by atoms with Crippen LogP contribution in [0.1, 0.15) is 27.3 Å². The maximum Gasteiger partial charge on any atom is 0.416 e. The number of esters is 1. The maximum atomic E-state index is 13.0. The lowest BCUT2D eigenvalue weighted by atomic mass is 10.2. The number of carbonyl (C=O) groups is 2. The SMILES string of the molecule is Cc1c(Cl)cccc1NC(=O)COC(=O)c1nn(-c2cccc(C(F)(F)F)c2)c(C)cc1=O. The fourth-order valence-electron chi connectivity index (χ4n) is 2.89. The van der Waals surface area contributed by atoms with Gasteiger partial charge in [-0.1, -0.05) is 23.7 Å². The molecule has 11 heteroatoms. The molecular weight excluding hydrogens is 463 g/mol. The second-order valence-corrected chi connectivity index (χ2v) is 7.40. The van der Waals surface area contributed by atoms with Crippen molar-refractivity contribution in [1.82, 2.24) is 9.78 Å². The molecule has 0 aliphatic carbocycles. The summed E-state index contributed by atoms with van der Waals surface area (Å²) in [6.07, 6.45) is -4.58. The summed E-state index contributed by atoms with van der Waals surface area (Å²) in [7, 11) is 0. The Morgan fingerprint density at radius 3 is 2.52 bits per heavy atom. The summed E-state index contributed by atoms with van der Waals surface area (Å²) in [6, 6.07) is 10.2. The van der Waals surface area contributed by atoms with Gasteiger partial charge in [0.2, 0.25) is 11.1 Å². The summed E-state index contributed by atoms with van der Waals surface area (Å²) in [6.45, 7) is 2.42. The molecular formula is C22H17ClF3N3O4. The van der Waals surface area contributed by atoms with Crippen LogP contribution in [0.4, 0.5) is 18.9 Å². The van der Waals surface area contributed by atoms with Gasteiger partial charge in [-0.3, -0.25) is 9.59 Å². The van der Waals surface area contributed by atoms with Crippen LogP contribution in [0.5, 0.6) is 0 Å². The Bertz CT molecular complexity index is 1290. The molecule has 7 nitrogen and oxygen atoms in total. The molecule has 0 bridgehead atoms. The molecule has 0 spiro atoms. The Labute approximate surface area is 190 Å². The first-order valence-corrected chi connectivity index (χ1v) is 9.86. The van der Waals surface area contributed by atoms with Gasteiger partial charge in [0.15, 0.2) is 6.61 Å². The van der Waals surface area contributed by atoms with Gasteiger partial charge in [0.1, 0.15) is 0 Å². The molecule has 2 aromatic carbocycles. The van der Waals surface area contributed by atoms with Crippen LogP contribution in [0.25, 0.3) is 5.69 Å². The number of carbonyl (C=O) groups excluding carboxylic acids is 2. The molecule has 0 saturated heterocycles. The van der Waals surface area contributed by atoms with Gasteiger partial charge < -0.3 is 10.1 Å². The molecule has 3 rings (SSSR count). The Hall–Kier alpha value is -3.66. The van der Waals surface area contributed by atoms with E-state index in [1.54, 1.807) is 25.1 Å². The number of halogens is 4. The van der Waals surface area contributed by atoms with E-state index in [1.165, 1.54) is 19.1 Å². The minimum absolute atomic E-state index is 0.00875. The highest BCUT2D eigenvalue weighted by Crippen LogP contribution is 2.30. The molecule has 0 unspecified atom stereocenters. The van der Waals surface area contributed by atoms with Crippen LogP contribution in [0.15, 0.2) is 53.3 Å². The minimum atomic E-state index is -4.58. The summed E-state index contributed by atoms with van der Waals surface area (Å²) < 4.78 is 45.0. The second-order valence-electron chi connectivity index (χ2n) is 7.00. The number of amides is 1. The van der Waals surface area contributed by atoms with Crippen molar-refractivity contribution in [2.24, 2.45) is 0 Å². The van der Waals surface area contributed by atoms with E-state index in [9.17, 15) is 27.6 Å². The van der Waals surface area contributed by atoms with Gasteiger partial charge in [0.25, 0.3) is 5.91 Å². The van der Waals surface area contributed by atoms with E-state index in [2.05, 4.69) is 10.4 Å². The van der Waals surface area contributed by atoms with Crippen molar-refractivity contribution in [3.05, 3.63) is 86.3 Å². The Kier molecular flexibility index (Phi) is 6.87. The van der Waals surface area contributed by atoms with Crippen LogP contribution in [0.3, 0.4) is 0 Å². The molecule has 1 heterocycles. The van der Waals surface area contributed by atoms with E-state index in [0.29, 0.717) is 16.3 Å². The highest BCUT2D eigenvalue weighted by molar-refractivity contribution is 6.31. The predicted molar refractivity (Wildman–Crippen MR) is 115 cm³/mol. The predicted octanol–water partition coefficient (Wildman–Crippen LogP) is 4.32. The summed E-state index contributed by atoms with van der Waals surface area (Å²) in [5.41, 5.74) is -1.17. The lowest BCUT2D eigenvalue weighted by molar-refractivity contribution is -0.137. The fraction of sp³-hybridized carbons (Fsp3) is 0.182. The average Bonchev–Trinajstić information content (AvgIpc) is 2.75. The van der Waals surface area contributed by atoms with E-state index >= 15 is 0 Å². The van der Waals surface area contributed by atoms with Crippen molar-refractivity contribution >= 4 is 29.2 Å². The topological polar surface area (TPSA) is 90.3 Å². The zero-order chi connectivity index (χ0) is 24.3. The molecule has 1 aromatic heterocycles. The molecule has 1 N–H and O–H groups in total. The quantitative estimate of drug-likeness (QED) is 0.550. The highest BCUT2D eigenvalue weighted by Gasteiger charge is 2.30. The van der Waals surface area contributed by atoms with Crippen molar-refractivity contribution in [1.29, 1.82) is 0 Å². The molecule has 33 heavy (non-hydrogen) atoms. The minimum Gasteiger partial charge on any atom is -0.451 e. The number of aromatic nitrogens is 2. The summed E-state index contributed by atoms with van der Waals surface area (Å²) in [5, 5.41) is 6.83. The molecule has 0 fully saturated rings. The third-order valence-electron chi connectivity index (χ3n) is 4.60. The number of hydrogen-bond donors (Lipinski definition) is 1. The van der Waals surface area contributed by atoms with Gasteiger partial charge in [0, 0.05) is 22.5 Å². The molecule has 0 aliphatic rings. The standard InChI is InChI=1S/C22H17ClF3N3O4/c1-12-9-18(30)20(28-29(12)15-6-3-5-14(10-15)22(24,25)26)21(32)33-11-19(31)27-17-8-4-7-16(23)13(17)2/h3-10H,11H2,1-2H3,(H,27,31). The second kappa shape index (κ2) is 9.45. The van der Waals surface area contributed by atoms with E-state index in [1.807, 2.05) is 0 Å². The van der Waals surface area contributed by atoms with Crippen molar-refractivity contribution in [2.45, 2.75) is 20.0 Å². The molecule has 0 atom stereocenters. The smallest absolute Gasteiger partial charge is 0.416 e. The van der Waals surface area contributed by atoms with E-state index < -0.39 is 41.3 Å². The van der Waals surface area contributed by atoms with E-state index in [-0.39, 0.29) is 11.4 Å². The number of benzene rings is 2. The maximum absolute atomic E-state index is 13.0. The zero-order valence-electron chi connectivity index (χ0n) is 17.4. The first-order valence-electron chi connectivity index (χ1n) is 9.48.